The SMILES string of the molecule is N[C@@H](Cc1ccc(Oc2cc(I)c(O)c(I)c2)c(O)c1)C(=O)O. The first-order valence-electron chi connectivity index (χ1n) is 6.44. The Bertz CT molecular complexity index is 728. The fraction of sp³-hybridized carbons (Fsp3) is 0.133. The number of benzene rings is 2. The molecular weight excluding hydrogens is 528 g/mol. The smallest absolute Gasteiger partial charge is 0.320 e. The first-order valence-corrected chi connectivity index (χ1v) is 8.60. The second-order valence-electron chi connectivity index (χ2n) is 4.79. The number of halogens is 2. The van der Waals surface area contributed by atoms with Gasteiger partial charge in [-0.25, -0.2) is 0 Å². The summed E-state index contributed by atoms with van der Waals surface area (Å²) in [6, 6.07) is 6.88. The lowest BCUT2D eigenvalue weighted by Gasteiger charge is -2.12. The van der Waals surface area contributed by atoms with Crippen molar-refractivity contribution >= 4 is 51.2 Å². The number of phenolic OH excluding ortho intramolecular Hbond substituents is 2. The van der Waals surface area contributed by atoms with Gasteiger partial charge >= 0.3 is 5.97 Å². The van der Waals surface area contributed by atoms with Crippen LogP contribution in [0.2, 0.25) is 0 Å². The first-order chi connectivity index (χ1) is 10.8. The van der Waals surface area contributed by atoms with Gasteiger partial charge in [0.2, 0.25) is 0 Å². The van der Waals surface area contributed by atoms with Gasteiger partial charge in [0, 0.05) is 0 Å². The van der Waals surface area contributed by atoms with Crippen molar-refractivity contribution in [3.05, 3.63) is 43.0 Å². The minimum atomic E-state index is -1.10. The molecule has 122 valence electrons. The van der Waals surface area contributed by atoms with Crippen LogP contribution in [0.4, 0.5) is 0 Å². The number of nitrogens with two attached hydrogens (primary N) is 1. The van der Waals surface area contributed by atoms with Crippen molar-refractivity contribution in [3.63, 3.8) is 0 Å². The number of carbonyl (C=O) groups is 1. The minimum Gasteiger partial charge on any atom is -0.506 e. The number of phenols is 2. The van der Waals surface area contributed by atoms with Gasteiger partial charge in [0.15, 0.2) is 11.5 Å². The lowest BCUT2D eigenvalue weighted by atomic mass is 10.1. The van der Waals surface area contributed by atoms with E-state index in [0.29, 0.717) is 18.5 Å². The van der Waals surface area contributed by atoms with E-state index in [1.807, 2.05) is 45.2 Å². The minimum absolute atomic E-state index is 0.109. The molecule has 2 aromatic carbocycles. The van der Waals surface area contributed by atoms with Crippen LogP contribution in [-0.2, 0) is 11.2 Å². The average Bonchev–Trinajstić information content (AvgIpc) is 2.47. The summed E-state index contributed by atoms with van der Waals surface area (Å²) in [5.41, 5.74) is 6.07. The Hall–Kier alpha value is -1.27. The largest absolute Gasteiger partial charge is 0.506 e. The Labute approximate surface area is 159 Å². The standard InChI is InChI=1S/C15H13I2NO5/c16-9-5-8(6-10(17)14(9)20)23-13-2-1-7(4-12(13)19)3-11(18)15(21)22/h1-2,4-6,11,19-20H,3,18H2,(H,21,22)/t11-/m0/s1. The molecule has 0 heterocycles. The molecular formula is C15H13I2NO5. The van der Waals surface area contributed by atoms with Crippen LogP contribution in [0.15, 0.2) is 30.3 Å². The Morgan fingerprint density at radius 3 is 2.30 bits per heavy atom. The van der Waals surface area contributed by atoms with Gasteiger partial charge in [0.25, 0.3) is 0 Å². The molecule has 0 unspecified atom stereocenters. The van der Waals surface area contributed by atoms with Crippen LogP contribution in [0.25, 0.3) is 0 Å². The maximum atomic E-state index is 10.8. The molecule has 1 atom stereocenters. The molecule has 6 nitrogen and oxygen atoms in total. The van der Waals surface area contributed by atoms with E-state index >= 15 is 0 Å². The molecule has 0 radical (unpaired) electrons. The summed E-state index contributed by atoms with van der Waals surface area (Å²) in [6.07, 6.45) is 0.109. The predicted octanol–water partition coefficient (Wildman–Crippen LogP) is 3.05. The summed E-state index contributed by atoms with van der Waals surface area (Å²) in [5.74, 6) is -0.325. The highest BCUT2D eigenvalue weighted by atomic mass is 127. The summed E-state index contributed by atoms with van der Waals surface area (Å²) in [5, 5.41) is 28.6. The highest BCUT2D eigenvalue weighted by Gasteiger charge is 2.14. The van der Waals surface area contributed by atoms with Crippen molar-refractivity contribution in [1.82, 2.24) is 0 Å². The highest BCUT2D eigenvalue weighted by Crippen LogP contribution is 2.36. The van der Waals surface area contributed by atoms with Crippen LogP contribution in [0.3, 0.4) is 0 Å². The topological polar surface area (TPSA) is 113 Å². The summed E-state index contributed by atoms with van der Waals surface area (Å²) < 4.78 is 6.88. The summed E-state index contributed by atoms with van der Waals surface area (Å²) in [7, 11) is 0. The third-order valence-corrected chi connectivity index (χ3v) is 4.66. The van der Waals surface area contributed by atoms with Gasteiger partial charge < -0.3 is 25.8 Å². The zero-order valence-corrected chi connectivity index (χ0v) is 16.0. The van der Waals surface area contributed by atoms with E-state index in [2.05, 4.69) is 0 Å². The highest BCUT2D eigenvalue weighted by molar-refractivity contribution is 14.1. The van der Waals surface area contributed by atoms with E-state index in [0.717, 1.165) is 0 Å². The number of carboxylic acid groups (broad SMARTS) is 1. The lowest BCUT2D eigenvalue weighted by molar-refractivity contribution is -0.138. The molecule has 8 heteroatoms. The van der Waals surface area contributed by atoms with E-state index in [9.17, 15) is 15.0 Å². The van der Waals surface area contributed by atoms with E-state index in [1.165, 1.54) is 6.07 Å². The van der Waals surface area contributed by atoms with Gasteiger partial charge in [0.1, 0.15) is 17.5 Å². The molecule has 0 aliphatic carbocycles. The van der Waals surface area contributed by atoms with E-state index in [1.54, 1.807) is 24.3 Å². The molecule has 0 bridgehead atoms. The average molecular weight is 541 g/mol. The molecule has 0 spiro atoms. The molecule has 0 saturated heterocycles. The van der Waals surface area contributed by atoms with E-state index in [-0.39, 0.29) is 23.7 Å². The van der Waals surface area contributed by atoms with Crippen LogP contribution in [0, 0.1) is 7.14 Å². The Morgan fingerprint density at radius 2 is 1.78 bits per heavy atom. The third-order valence-electron chi connectivity index (χ3n) is 3.01. The normalized spacial score (nSPS) is 12.0. The molecule has 5 N–H and O–H groups in total. The molecule has 0 aliphatic rings. The van der Waals surface area contributed by atoms with Crippen LogP contribution >= 0.6 is 45.2 Å². The molecule has 0 aromatic heterocycles. The number of carboxylic acids is 1. The van der Waals surface area contributed by atoms with E-state index in [4.69, 9.17) is 15.6 Å². The van der Waals surface area contributed by atoms with Crippen molar-refractivity contribution in [3.8, 4) is 23.0 Å². The lowest BCUT2D eigenvalue weighted by Crippen LogP contribution is -2.32. The molecule has 0 fully saturated rings. The fourth-order valence-electron chi connectivity index (χ4n) is 1.85. The number of hydrogen-bond donors (Lipinski definition) is 4. The van der Waals surface area contributed by atoms with Gasteiger partial charge in [-0.05, 0) is 81.4 Å². The van der Waals surface area contributed by atoms with Crippen LogP contribution in [-0.4, -0.2) is 27.3 Å². The fourth-order valence-corrected chi connectivity index (χ4v) is 3.56. The second-order valence-corrected chi connectivity index (χ2v) is 7.11. The first kappa shape index (κ1) is 18.1. The summed E-state index contributed by atoms with van der Waals surface area (Å²) in [6.45, 7) is 0. The van der Waals surface area contributed by atoms with Crippen molar-refractivity contribution in [2.45, 2.75) is 12.5 Å². The second kappa shape index (κ2) is 7.53. The molecule has 0 saturated carbocycles. The molecule has 0 aliphatic heterocycles. The van der Waals surface area contributed by atoms with Crippen molar-refractivity contribution in [2.75, 3.05) is 0 Å². The Kier molecular flexibility index (Phi) is 5.92. The summed E-state index contributed by atoms with van der Waals surface area (Å²) in [4.78, 5) is 10.8. The van der Waals surface area contributed by atoms with Gasteiger partial charge in [-0.2, -0.15) is 0 Å². The molecule has 2 rings (SSSR count). The van der Waals surface area contributed by atoms with Crippen molar-refractivity contribution in [1.29, 1.82) is 0 Å². The van der Waals surface area contributed by atoms with Crippen LogP contribution in [0.5, 0.6) is 23.0 Å². The molecule has 0 amide bonds. The predicted molar refractivity (Wildman–Crippen MR) is 101 cm³/mol. The van der Waals surface area contributed by atoms with E-state index < -0.39 is 12.0 Å². The van der Waals surface area contributed by atoms with Crippen LogP contribution < -0.4 is 10.5 Å². The number of aromatic hydroxyl groups is 2. The number of ether oxygens (including phenoxy) is 1. The number of aliphatic carboxylic acids is 1. The van der Waals surface area contributed by atoms with Gasteiger partial charge in [-0.15, -0.1) is 0 Å². The van der Waals surface area contributed by atoms with Gasteiger partial charge in [-0.1, -0.05) is 6.07 Å². The molecule has 23 heavy (non-hydrogen) atoms. The van der Waals surface area contributed by atoms with Gasteiger partial charge in [-0.3, -0.25) is 4.79 Å². The maximum Gasteiger partial charge on any atom is 0.320 e. The monoisotopic (exact) mass is 541 g/mol. The Balaban J connectivity index is 2.20. The number of rotatable bonds is 5. The quantitative estimate of drug-likeness (QED) is 0.434. The van der Waals surface area contributed by atoms with Gasteiger partial charge in [0.05, 0.1) is 7.14 Å². The zero-order valence-electron chi connectivity index (χ0n) is 11.7. The van der Waals surface area contributed by atoms with Crippen LogP contribution in [0.1, 0.15) is 5.56 Å². The summed E-state index contributed by atoms with van der Waals surface area (Å²) >= 11 is 3.97. The van der Waals surface area contributed by atoms with Crippen molar-refractivity contribution < 1.29 is 24.9 Å². The zero-order chi connectivity index (χ0) is 17.1. The molecule has 2 aromatic rings. The number of hydrogen-bond acceptors (Lipinski definition) is 5. The van der Waals surface area contributed by atoms with Crippen molar-refractivity contribution in [2.24, 2.45) is 5.73 Å². The Morgan fingerprint density at radius 1 is 1.17 bits per heavy atom. The maximum absolute atomic E-state index is 10.8. The third kappa shape index (κ3) is 4.61.